The maximum atomic E-state index is 14.0. The van der Waals surface area contributed by atoms with Gasteiger partial charge in [0.05, 0.1) is 18.2 Å². The minimum Gasteiger partial charge on any atom is -0.497 e. The summed E-state index contributed by atoms with van der Waals surface area (Å²) in [5, 5.41) is 2.83. The van der Waals surface area contributed by atoms with Crippen LogP contribution >= 0.6 is 0 Å². The summed E-state index contributed by atoms with van der Waals surface area (Å²) in [6.45, 7) is 1.03. The number of likely N-dealkylation sites (tertiary alicyclic amines) is 1. The standard InChI is InChI=1S/C25H31N3O3/c1-26-22(29)25(21-8-3-6-16-27-21)15-7-17-28(18-25)23(30)24(13-4-5-14-24)19-9-11-20(31-2)12-10-19/h3,6,8-12,16H,4-5,7,13-15,17-18H2,1-2H3,(H,26,29)/t25-/m0/s1. The van der Waals surface area contributed by atoms with E-state index in [-0.39, 0.29) is 11.8 Å². The van der Waals surface area contributed by atoms with E-state index in [0.29, 0.717) is 19.5 Å². The summed E-state index contributed by atoms with van der Waals surface area (Å²) in [6.07, 6.45) is 6.92. The number of hydrogen-bond donors (Lipinski definition) is 1. The Bertz CT molecular complexity index is 923. The summed E-state index contributed by atoms with van der Waals surface area (Å²) < 4.78 is 5.31. The summed E-state index contributed by atoms with van der Waals surface area (Å²) in [4.78, 5) is 33.6. The summed E-state index contributed by atoms with van der Waals surface area (Å²) >= 11 is 0. The van der Waals surface area contributed by atoms with E-state index in [1.54, 1.807) is 20.4 Å². The number of piperidine rings is 1. The minimum atomic E-state index is -0.816. The van der Waals surface area contributed by atoms with Crippen molar-refractivity contribution >= 4 is 11.8 Å². The van der Waals surface area contributed by atoms with Crippen molar-refractivity contribution in [3.63, 3.8) is 0 Å². The lowest BCUT2D eigenvalue weighted by Gasteiger charge is -2.44. The van der Waals surface area contributed by atoms with Crippen molar-refractivity contribution < 1.29 is 14.3 Å². The molecule has 0 radical (unpaired) electrons. The molecule has 6 heteroatoms. The average molecular weight is 422 g/mol. The highest BCUT2D eigenvalue weighted by Crippen LogP contribution is 2.44. The van der Waals surface area contributed by atoms with Crippen LogP contribution in [0.15, 0.2) is 48.7 Å². The number of amides is 2. The van der Waals surface area contributed by atoms with Crippen LogP contribution in [0.25, 0.3) is 0 Å². The Balaban J connectivity index is 1.68. The van der Waals surface area contributed by atoms with Gasteiger partial charge < -0.3 is 15.0 Å². The van der Waals surface area contributed by atoms with Gasteiger partial charge in [0, 0.05) is 26.3 Å². The molecule has 2 aromatic rings. The molecule has 4 rings (SSSR count). The Labute approximate surface area is 184 Å². The maximum Gasteiger partial charge on any atom is 0.233 e. The monoisotopic (exact) mass is 421 g/mol. The van der Waals surface area contributed by atoms with Crippen LogP contribution in [0.5, 0.6) is 5.75 Å². The molecule has 1 saturated carbocycles. The Morgan fingerprint density at radius 3 is 2.32 bits per heavy atom. The molecule has 0 bridgehead atoms. The highest BCUT2D eigenvalue weighted by atomic mass is 16.5. The summed E-state index contributed by atoms with van der Waals surface area (Å²) in [5.41, 5.74) is 0.438. The van der Waals surface area contributed by atoms with Crippen LogP contribution in [0, 0.1) is 0 Å². The van der Waals surface area contributed by atoms with Gasteiger partial charge in [-0.05, 0) is 55.5 Å². The highest BCUT2D eigenvalue weighted by molar-refractivity contribution is 5.92. The lowest BCUT2D eigenvalue weighted by molar-refractivity contribution is -0.142. The van der Waals surface area contributed by atoms with E-state index >= 15 is 0 Å². The number of nitrogens with zero attached hydrogens (tertiary/aromatic N) is 2. The van der Waals surface area contributed by atoms with Crippen molar-refractivity contribution in [1.29, 1.82) is 0 Å². The maximum absolute atomic E-state index is 14.0. The number of carbonyl (C=O) groups is 2. The lowest BCUT2D eigenvalue weighted by atomic mass is 9.73. The predicted molar refractivity (Wildman–Crippen MR) is 119 cm³/mol. The van der Waals surface area contributed by atoms with Crippen molar-refractivity contribution in [1.82, 2.24) is 15.2 Å². The Morgan fingerprint density at radius 1 is 1.00 bits per heavy atom. The third kappa shape index (κ3) is 3.68. The molecule has 2 aliphatic rings. The van der Waals surface area contributed by atoms with Crippen LogP contribution < -0.4 is 10.1 Å². The van der Waals surface area contributed by atoms with Gasteiger partial charge in [0.2, 0.25) is 11.8 Å². The number of carbonyl (C=O) groups excluding carboxylic acids is 2. The second-order valence-corrected chi connectivity index (χ2v) is 8.72. The fourth-order valence-corrected chi connectivity index (χ4v) is 5.44. The number of pyridine rings is 1. The van der Waals surface area contributed by atoms with Gasteiger partial charge in [-0.15, -0.1) is 0 Å². The molecule has 1 aromatic heterocycles. The summed E-state index contributed by atoms with van der Waals surface area (Å²) in [5.74, 6) is 0.851. The molecular formula is C25H31N3O3. The molecule has 31 heavy (non-hydrogen) atoms. The second-order valence-electron chi connectivity index (χ2n) is 8.72. The molecule has 6 nitrogen and oxygen atoms in total. The number of methoxy groups -OCH3 is 1. The van der Waals surface area contributed by atoms with Crippen molar-refractivity contribution in [2.24, 2.45) is 0 Å². The van der Waals surface area contributed by atoms with Crippen LogP contribution in [-0.2, 0) is 20.4 Å². The number of aromatic nitrogens is 1. The topological polar surface area (TPSA) is 71.5 Å². The highest BCUT2D eigenvalue weighted by Gasteiger charge is 2.50. The van der Waals surface area contributed by atoms with Crippen LogP contribution in [0.2, 0.25) is 0 Å². The molecule has 2 fully saturated rings. The van der Waals surface area contributed by atoms with Crippen LogP contribution in [0.3, 0.4) is 0 Å². The first-order chi connectivity index (χ1) is 15.1. The van der Waals surface area contributed by atoms with Gasteiger partial charge in [0.1, 0.15) is 11.2 Å². The minimum absolute atomic E-state index is 0.0754. The van der Waals surface area contributed by atoms with E-state index in [9.17, 15) is 9.59 Å². The van der Waals surface area contributed by atoms with Crippen molar-refractivity contribution in [3.05, 3.63) is 59.9 Å². The molecule has 164 valence electrons. The first-order valence-corrected chi connectivity index (χ1v) is 11.1. The van der Waals surface area contributed by atoms with Gasteiger partial charge in [-0.3, -0.25) is 14.6 Å². The van der Waals surface area contributed by atoms with Gasteiger partial charge in [-0.25, -0.2) is 0 Å². The SMILES string of the molecule is CNC(=O)[C@@]1(c2ccccn2)CCCN(C(=O)C2(c3ccc(OC)cc3)CCCC2)C1. The Hall–Kier alpha value is -2.89. The fourth-order valence-electron chi connectivity index (χ4n) is 5.44. The molecule has 0 unspecified atom stereocenters. The van der Waals surface area contributed by atoms with E-state index < -0.39 is 10.8 Å². The number of ether oxygens (including phenoxy) is 1. The van der Waals surface area contributed by atoms with Crippen molar-refractivity contribution in [2.75, 3.05) is 27.2 Å². The zero-order valence-corrected chi connectivity index (χ0v) is 18.4. The number of rotatable bonds is 5. The molecule has 1 aromatic carbocycles. The molecule has 1 N–H and O–H groups in total. The van der Waals surface area contributed by atoms with Gasteiger partial charge in [-0.1, -0.05) is 31.0 Å². The van der Waals surface area contributed by atoms with Crippen molar-refractivity contribution in [2.45, 2.75) is 49.4 Å². The molecule has 1 saturated heterocycles. The number of likely N-dealkylation sites (N-methyl/N-ethyl adjacent to an activating group) is 1. The van der Waals surface area contributed by atoms with Crippen LogP contribution in [0.4, 0.5) is 0 Å². The molecule has 0 spiro atoms. The van der Waals surface area contributed by atoms with E-state index in [1.807, 2.05) is 47.4 Å². The second kappa shape index (κ2) is 8.69. The third-order valence-electron chi connectivity index (χ3n) is 7.11. The van der Waals surface area contributed by atoms with Crippen molar-refractivity contribution in [3.8, 4) is 5.75 Å². The lowest BCUT2D eigenvalue weighted by Crippen LogP contribution is -2.58. The molecule has 2 amide bonds. The zero-order chi connectivity index (χ0) is 21.9. The first-order valence-electron chi connectivity index (χ1n) is 11.1. The molecular weight excluding hydrogens is 390 g/mol. The first kappa shape index (κ1) is 21.3. The Morgan fingerprint density at radius 2 is 1.71 bits per heavy atom. The predicted octanol–water partition coefficient (Wildman–Crippen LogP) is 3.21. The van der Waals surface area contributed by atoms with Gasteiger partial charge in [0.15, 0.2) is 0 Å². The van der Waals surface area contributed by atoms with E-state index in [2.05, 4.69) is 10.3 Å². The number of hydrogen-bond acceptors (Lipinski definition) is 4. The van der Waals surface area contributed by atoms with Gasteiger partial charge in [0.25, 0.3) is 0 Å². The van der Waals surface area contributed by atoms with Crippen LogP contribution in [-0.4, -0.2) is 48.9 Å². The average Bonchev–Trinajstić information content (AvgIpc) is 3.35. The van der Waals surface area contributed by atoms with Gasteiger partial charge in [-0.2, -0.15) is 0 Å². The van der Waals surface area contributed by atoms with E-state index in [4.69, 9.17) is 4.74 Å². The molecule has 2 heterocycles. The summed E-state index contributed by atoms with van der Waals surface area (Å²) in [6, 6.07) is 13.6. The number of nitrogens with one attached hydrogen (secondary N) is 1. The quantitative estimate of drug-likeness (QED) is 0.805. The normalized spacial score (nSPS) is 22.7. The van der Waals surface area contributed by atoms with E-state index in [1.165, 1.54) is 0 Å². The third-order valence-corrected chi connectivity index (χ3v) is 7.11. The molecule has 1 atom stereocenters. The smallest absolute Gasteiger partial charge is 0.233 e. The van der Waals surface area contributed by atoms with E-state index in [0.717, 1.165) is 49.1 Å². The largest absolute Gasteiger partial charge is 0.497 e. The van der Waals surface area contributed by atoms with Crippen LogP contribution in [0.1, 0.15) is 49.8 Å². The Kier molecular flexibility index (Phi) is 5.99. The number of benzene rings is 1. The fraction of sp³-hybridized carbons (Fsp3) is 0.480. The molecule has 1 aliphatic carbocycles. The zero-order valence-electron chi connectivity index (χ0n) is 18.4. The van der Waals surface area contributed by atoms with Gasteiger partial charge >= 0.3 is 0 Å². The summed E-state index contributed by atoms with van der Waals surface area (Å²) in [7, 11) is 3.30. The molecule has 1 aliphatic heterocycles.